The first-order valence-corrected chi connectivity index (χ1v) is 7.60. The Morgan fingerprint density at radius 1 is 1.29 bits per heavy atom. The molecule has 1 aromatic carbocycles. The first kappa shape index (κ1) is 18.4. The number of ether oxygens (including phenoxy) is 3. The van der Waals surface area contributed by atoms with Crippen molar-refractivity contribution in [2.75, 3.05) is 33.5 Å². The Bertz CT molecular complexity index is 544. The van der Waals surface area contributed by atoms with Crippen LogP contribution in [-0.2, 0) is 9.53 Å². The van der Waals surface area contributed by atoms with Crippen molar-refractivity contribution in [3.05, 3.63) is 24.3 Å². The Hall–Kier alpha value is -1.96. The van der Waals surface area contributed by atoms with Gasteiger partial charge in [-0.3, -0.25) is 4.79 Å². The van der Waals surface area contributed by atoms with Gasteiger partial charge in [0.2, 0.25) is 0 Å². The number of halogens is 3. The molecule has 1 amide bonds. The summed E-state index contributed by atoms with van der Waals surface area (Å²) < 4.78 is 53.9. The van der Waals surface area contributed by atoms with E-state index >= 15 is 0 Å². The molecule has 134 valence electrons. The summed E-state index contributed by atoms with van der Waals surface area (Å²) in [5.74, 6) is 0.209. The largest absolute Gasteiger partial charge is 0.497 e. The molecule has 0 N–H and O–H groups in total. The third kappa shape index (κ3) is 5.59. The van der Waals surface area contributed by atoms with Gasteiger partial charge in [0.1, 0.15) is 18.0 Å². The van der Waals surface area contributed by atoms with E-state index in [1.165, 1.54) is 7.11 Å². The number of carbonyl (C=O) groups is 1. The monoisotopic (exact) mass is 347 g/mol. The fourth-order valence-corrected chi connectivity index (χ4v) is 2.53. The normalized spacial score (nSPS) is 15.8. The summed E-state index contributed by atoms with van der Waals surface area (Å²) in [4.78, 5) is 13.1. The topological polar surface area (TPSA) is 48.0 Å². The molecule has 8 heteroatoms. The first-order valence-electron chi connectivity index (χ1n) is 7.60. The second-order valence-electron chi connectivity index (χ2n) is 5.45. The van der Waals surface area contributed by atoms with Crippen LogP contribution in [0.25, 0.3) is 0 Å². The summed E-state index contributed by atoms with van der Waals surface area (Å²) >= 11 is 0. The summed E-state index contributed by atoms with van der Waals surface area (Å²) in [5, 5.41) is 0. The molecule has 0 aromatic heterocycles. The zero-order valence-corrected chi connectivity index (χ0v) is 13.3. The van der Waals surface area contributed by atoms with E-state index in [1.807, 2.05) is 0 Å². The van der Waals surface area contributed by atoms with Gasteiger partial charge in [-0.05, 0) is 25.0 Å². The number of nitrogens with zero attached hydrogens (tertiary/aromatic N) is 1. The van der Waals surface area contributed by atoms with Crippen molar-refractivity contribution in [2.24, 2.45) is 0 Å². The first-order chi connectivity index (χ1) is 11.4. The Kier molecular flexibility index (Phi) is 6.30. The van der Waals surface area contributed by atoms with Gasteiger partial charge in [0.05, 0.1) is 7.11 Å². The lowest BCUT2D eigenvalue weighted by Crippen LogP contribution is -2.49. The highest BCUT2D eigenvalue weighted by molar-refractivity contribution is 5.78. The average Bonchev–Trinajstić information content (AvgIpc) is 2.58. The van der Waals surface area contributed by atoms with Crippen molar-refractivity contribution < 1.29 is 32.2 Å². The lowest BCUT2D eigenvalue weighted by atomic mass is 10.1. The Morgan fingerprint density at radius 2 is 1.96 bits per heavy atom. The standard InChI is InChI=1S/C16H20F3NO4/c1-22-13-3-2-4-14(9-13)24-10-15(21)20(11-16(17,18)19)12-5-7-23-8-6-12/h2-4,9,12H,5-8,10-11H2,1H3. The summed E-state index contributed by atoms with van der Waals surface area (Å²) in [5.41, 5.74) is 0. The Balaban J connectivity index is 2.00. The third-order valence-electron chi connectivity index (χ3n) is 3.71. The molecule has 0 aliphatic carbocycles. The van der Waals surface area contributed by atoms with Crippen molar-refractivity contribution in [3.8, 4) is 11.5 Å². The number of hydrogen-bond donors (Lipinski definition) is 0. The molecule has 1 aliphatic heterocycles. The van der Waals surface area contributed by atoms with Crippen LogP contribution in [0.2, 0.25) is 0 Å². The van der Waals surface area contributed by atoms with E-state index in [0.717, 1.165) is 4.90 Å². The van der Waals surface area contributed by atoms with Gasteiger partial charge in [-0.25, -0.2) is 0 Å². The molecule has 1 heterocycles. The number of methoxy groups -OCH3 is 1. The molecule has 5 nitrogen and oxygen atoms in total. The lowest BCUT2D eigenvalue weighted by Gasteiger charge is -2.34. The van der Waals surface area contributed by atoms with Gasteiger partial charge in [-0.15, -0.1) is 0 Å². The minimum Gasteiger partial charge on any atom is -0.497 e. The number of carbonyl (C=O) groups excluding carboxylic acids is 1. The number of hydrogen-bond acceptors (Lipinski definition) is 4. The second-order valence-corrected chi connectivity index (χ2v) is 5.45. The number of benzene rings is 1. The van der Waals surface area contributed by atoms with E-state index in [2.05, 4.69) is 0 Å². The molecule has 2 rings (SSSR count). The third-order valence-corrected chi connectivity index (χ3v) is 3.71. The molecule has 0 atom stereocenters. The van der Waals surface area contributed by atoms with E-state index in [4.69, 9.17) is 14.2 Å². The quantitative estimate of drug-likeness (QED) is 0.794. The van der Waals surface area contributed by atoms with Crippen LogP contribution in [0.15, 0.2) is 24.3 Å². The summed E-state index contributed by atoms with van der Waals surface area (Å²) in [6, 6.07) is 6.06. The minimum atomic E-state index is -4.45. The molecular formula is C16H20F3NO4. The van der Waals surface area contributed by atoms with Gasteiger partial charge in [0.25, 0.3) is 5.91 Å². The summed E-state index contributed by atoms with van der Waals surface area (Å²) in [7, 11) is 1.49. The fourth-order valence-electron chi connectivity index (χ4n) is 2.53. The van der Waals surface area contributed by atoms with E-state index < -0.39 is 31.3 Å². The van der Waals surface area contributed by atoms with E-state index in [0.29, 0.717) is 37.6 Å². The molecular weight excluding hydrogens is 327 g/mol. The van der Waals surface area contributed by atoms with Crippen LogP contribution in [0, 0.1) is 0 Å². The highest BCUT2D eigenvalue weighted by Gasteiger charge is 2.37. The highest BCUT2D eigenvalue weighted by Crippen LogP contribution is 2.23. The molecule has 0 unspecified atom stereocenters. The number of rotatable bonds is 6. The maximum absolute atomic E-state index is 12.8. The van der Waals surface area contributed by atoms with Crippen molar-refractivity contribution in [1.82, 2.24) is 4.90 Å². The van der Waals surface area contributed by atoms with Crippen LogP contribution in [0.5, 0.6) is 11.5 Å². The van der Waals surface area contributed by atoms with Gasteiger partial charge >= 0.3 is 6.18 Å². The minimum absolute atomic E-state index is 0.350. The van der Waals surface area contributed by atoms with Gasteiger partial charge < -0.3 is 19.1 Å². The van der Waals surface area contributed by atoms with Crippen LogP contribution in [-0.4, -0.2) is 56.5 Å². The van der Waals surface area contributed by atoms with Crippen LogP contribution < -0.4 is 9.47 Å². The zero-order valence-electron chi connectivity index (χ0n) is 13.3. The summed E-state index contributed by atoms with van der Waals surface area (Å²) in [6.07, 6.45) is -3.67. The van der Waals surface area contributed by atoms with Crippen molar-refractivity contribution >= 4 is 5.91 Å². The van der Waals surface area contributed by atoms with E-state index in [1.54, 1.807) is 24.3 Å². The fraction of sp³-hybridized carbons (Fsp3) is 0.562. The lowest BCUT2D eigenvalue weighted by molar-refractivity contribution is -0.170. The Morgan fingerprint density at radius 3 is 2.58 bits per heavy atom. The number of amides is 1. The molecule has 0 radical (unpaired) electrons. The van der Waals surface area contributed by atoms with Crippen molar-refractivity contribution in [3.63, 3.8) is 0 Å². The molecule has 1 aliphatic rings. The molecule has 0 spiro atoms. The van der Waals surface area contributed by atoms with Gasteiger partial charge in [0.15, 0.2) is 6.61 Å². The van der Waals surface area contributed by atoms with Crippen LogP contribution in [0.3, 0.4) is 0 Å². The predicted octanol–water partition coefficient (Wildman–Crippen LogP) is 2.64. The molecule has 1 saturated heterocycles. The van der Waals surface area contributed by atoms with Gasteiger partial charge in [-0.1, -0.05) is 6.07 Å². The summed E-state index contributed by atoms with van der Waals surface area (Å²) in [6.45, 7) is -1.04. The van der Waals surface area contributed by atoms with E-state index in [9.17, 15) is 18.0 Å². The predicted molar refractivity (Wildman–Crippen MR) is 80.1 cm³/mol. The zero-order chi connectivity index (χ0) is 17.6. The average molecular weight is 347 g/mol. The van der Waals surface area contributed by atoms with Gasteiger partial charge in [0, 0.05) is 25.3 Å². The number of alkyl halides is 3. The second kappa shape index (κ2) is 8.23. The molecule has 0 bridgehead atoms. The van der Waals surface area contributed by atoms with E-state index in [-0.39, 0.29) is 0 Å². The van der Waals surface area contributed by atoms with Crippen molar-refractivity contribution in [1.29, 1.82) is 0 Å². The Labute approximate surface area is 138 Å². The maximum Gasteiger partial charge on any atom is 0.406 e. The van der Waals surface area contributed by atoms with Crippen LogP contribution >= 0.6 is 0 Å². The smallest absolute Gasteiger partial charge is 0.406 e. The van der Waals surface area contributed by atoms with Crippen LogP contribution in [0.1, 0.15) is 12.8 Å². The van der Waals surface area contributed by atoms with Gasteiger partial charge in [-0.2, -0.15) is 13.2 Å². The van der Waals surface area contributed by atoms with Crippen molar-refractivity contribution in [2.45, 2.75) is 25.1 Å². The molecule has 24 heavy (non-hydrogen) atoms. The molecule has 0 saturated carbocycles. The molecule has 1 fully saturated rings. The highest BCUT2D eigenvalue weighted by atomic mass is 19.4. The maximum atomic E-state index is 12.8. The molecule has 1 aromatic rings. The SMILES string of the molecule is COc1cccc(OCC(=O)N(CC(F)(F)F)C2CCOCC2)c1. The van der Waals surface area contributed by atoms with Crippen LogP contribution in [0.4, 0.5) is 13.2 Å².